The van der Waals surface area contributed by atoms with Gasteiger partial charge in [-0.05, 0) is 38.0 Å². The topological polar surface area (TPSA) is 66.5 Å². The largest absolute Gasteiger partial charge is 0.383 e. The van der Waals surface area contributed by atoms with E-state index in [0.29, 0.717) is 25.6 Å². The first-order valence-corrected chi connectivity index (χ1v) is 12.4. The van der Waals surface area contributed by atoms with Crippen molar-refractivity contribution in [2.75, 3.05) is 38.7 Å². The molecule has 0 atom stereocenters. The van der Waals surface area contributed by atoms with Gasteiger partial charge in [0.25, 0.3) is 0 Å². The Bertz CT molecular complexity index is 1010. The molecule has 0 fully saturated rings. The molecule has 1 aromatic carbocycles. The SMILES string of the molecule is COCCNCCC(=O)Nc1sc2c(c1-c1nc3ccccc3s1)CCN(C(C)C)C2. The summed E-state index contributed by atoms with van der Waals surface area (Å²) in [4.78, 5) is 21.4. The van der Waals surface area contributed by atoms with Crippen molar-refractivity contribution in [3.8, 4) is 10.6 Å². The molecule has 0 bridgehead atoms. The number of fused-ring (bicyclic) bond motifs is 2. The first-order chi connectivity index (χ1) is 15.1. The number of methoxy groups -OCH3 is 1. The molecular weight excluding hydrogens is 428 g/mol. The van der Waals surface area contributed by atoms with Crippen LogP contribution in [-0.4, -0.2) is 55.2 Å². The van der Waals surface area contributed by atoms with Crippen molar-refractivity contribution in [3.63, 3.8) is 0 Å². The molecule has 3 aromatic rings. The summed E-state index contributed by atoms with van der Waals surface area (Å²) in [6, 6.07) is 8.75. The Labute approximate surface area is 191 Å². The third-order valence-corrected chi connectivity index (χ3v) is 7.78. The molecule has 2 aromatic heterocycles. The Morgan fingerprint density at radius 1 is 1.26 bits per heavy atom. The third kappa shape index (κ3) is 5.15. The van der Waals surface area contributed by atoms with Crippen molar-refractivity contribution in [2.24, 2.45) is 0 Å². The zero-order valence-electron chi connectivity index (χ0n) is 18.4. The second kappa shape index (κ2) is 10.2. The van der Waals surface area contributed by atoms with E-state index in [-0.39, 0.29) is 5.91 Å². The second-order valence-corrected chi connectivity index (χ2v) is 10.2. The zero-order valence-corrected chi connectivity index (χ0v) is 20.0. The minimum Gasteiger partial charge on any atom is -0.383 e. The van der Waals surface area contributed by atoms with E-state index >= 15 is 0 Å². The van der Waals surface area contributed by atoms with Crippen LogP contribution >= 0.6 is 22.7 Å². The highest BCUT2D eigenvalue weighted by molar-refractivity contribution is 7.22. The highest BCUT2D eigenvalue weighted by Crippen LogP contribution is 2.45. The number of anilines is 1. The number of thiophene rings is 1. The summed E-state index contributed by atoms with van der Waals surface area (Å²) < 4.78 is 6.21. The normalized spacial score (nSPS) is 14.3. The average molecular weight is 459 g/mol. The van der Waals surface area contributed by atoms with Crippen LogP contribution in [-0.2, 0) is 22.5 Å². The molecule has 0 aliphatic carbocycles. The number of hydrogen-bond donors (Lipinski definition) is 2. The Balaban J connectivity index is 1.60. The monoisotopic (exact) mass is 458 g/mol. The molecule has 2 N–H and O–H groups in total. The molecule has 0 radical (unpaired) electrons. The highest BCUT2D eigenvalue weighted by Gasteiger charge is 2.28. The fourth-order valence-electron chi connectivity index (χ4n) is 3.85. The van der Waals surface area contributed by atoms with Crippen LogP contribution in [0.1, 0.15) is 30.7 Å². The van der Waals surface area contributed by atoms with E-state index in [4.69, 9.17) is 9.72 Å². The lowest BCUT2D eigenvalue weighted by Gasteiger charge is -2.30. The third-order valence-electron chi connectivity index (χ3n) is 5.59. The molecule has 166 valence electrons. The molecule has 1 aliphatic heterocycles. The number of hydrogen-bond acceptors (Lipinski definition) is 7. The smallest absolute Gasteiger partial charge is 0.226 e. The average Bonchev–Trinajstić information content (AvgIpc) is 3.33. The quantitative estimate of drug-likeness (QED) is 0.467. The molecule has 1 amide bonds. The van der Waals surface area contributed by atoms with Crippen molar-refractivity contribution < 1.29 is 9.53 Å². The van der Waals surface area contributed by atoms with Gasteiger partial charge >= 0.3 is 0 Å². The standard InChI is InChI=1S/C23H30N4O2S2/c1-15(2)27-12-9-16-19(14-27)31-23(26-20(28)8-10-24-11-13-29-3)21(16)22-25-17-6-4-5-7-18(17)30-22/h4-7,15,24H,8-14H2,1-3H3,(H,26,28). The molecule has 6 nitrogen and oxygen atoms in total. The minimum absolute atomic E-state index is 0.0339. The minimum atomic E-state index is 0.0339. The predicted octanol–water partition coefficient (Wildman–Crippen LogP) is 4.36. The molecule has 1 aliphatic rings. The molecule has 0 spiro atoms. The first kappa shape index (κ1) is 22.4. The van der Waals surface area contributed by atoms with Crippen molar-refractivity contribution in [1.82, 2.24) is 15.2 Å². The summed E-state index contributed by atoms with van der Waals surface area (Å²) in [6.45, 7) is 8.49. The van der Waals surface area contributed by atoms with Crippen LogP contribution in [0.5, 0.6) is 0 Å². The summed E-state index contributed by atoms with van der Waals surface area (Å²) in [7, 11) is 1.68. The fraction of sp³-hybridized carbons (Fsp3) is 0.478. The van der Waals surface area contributed by atoms with Gasteiger partial charge in [0.2, 0.25) is 5.91 Å². The number of carbonyl (C=O) groups is 1. The van der Waals surface area contributed by atoms with E-state index < -0.39 is 0 Å². The van der Waals surface area contributed by atoms with Gasteiger partial charge in [-0.1, -0.05) is 12.1 Å². The Kier molecular flexibility index (Phi) is 7.35. The maximum absolute atomic E-state index is 12.7. The maximum Gasteiger partial charge on any atom is 0.226 e. The van der Waals surface area contributed by atoms with Gasteiger partial charge in [-0.3, -0.25) is 9.69 Å². The molecule has 0 saturated carbocycles. The summed E-state index contributed by atoms with van der Waals surface area (Å²) in [5.41, 5.74) is 3.50. The van der Waals surface area contributed by atoms with Crippen LogP contribution in [0.15, 0.2) is 24.3 Å². The number of nitrogens with one attached hydrogen (secondary N) is 2. The molecule has 31 heavy (non-hydrogen) atoms. The van der Waals surface area contributed by atoms with E-state index in [1.807, 2.05) is 12.1 Å². The number of rotatable bonds is 9. The predicted molar refractivity (Wildman–Crippen MR) is 130 cm³/mol. The van der Waals surface area contributed by atoms with E-state index in [0.717, 1.165) is 47.1 Å². The van der Waals surface area contributed by atoms with Gasteiger partial charge in [-0.25, -0.2) is 4.98 Å². The van der Waals surface area contributed by atoms with Crippen LogP contribution < -0.4 is 10.6 Å². The number of ether oxygens (including phenoxy) is 1. The number of benzene rings is 1. The van der Waals surface area contributed by atoms with Gasteiger partial charge in [-0.2, -0.15) is 0 Å². The van der Waals surface area contributed by atoms with Crippen LogP contribution in [0.4, 0.5) is 5.00 Å². The van der Waals surface area contributed by atoms with Gasteiger partial charge in [0, 0.05) is 56.2 Å². The number of aromatic nitrogens is 1. The summed E-state index contributed by atoms with van der Waals surface area (Å²) in [6.07, 6.45) is 1.42. The lowest BCUT2D eigenvalue weighted by Crippen LogP contribution is -2.35. The number of nitrogens with zero attached hydrogens (tertiary/aromatic N) is 2. The van der Waals surface area contributed by atoms with E-state index in [9.17, 15) is 4.79 Å². The molecular formula is C23H30N4O2S2. The summed E-state index contributed by atoms with van der Waals surface area (Å²) in [5, 5.41) is 8.38. The molecule has 3 heterocycles. The lowest BCUT2D eigenvalue weighted by atomic mass is 10.0. The van der Waals surface area contributed by atoms with Gasteiger partial charge in [0.1, 0.15) is 10.0 Å². The van der Waals surface area contributed by atoms with Crippen LogP contribution in [0.25, 0.3) is 20.8 Å². The Morgan fingerprint density at radius 2 is 2.10 bits per heavy atom. The van der Waals surface area contributed by atoms with Crippen molar-refractivity contribution in [3.05, 3.63) is 34.7 Å². The number of carbonyl (C=O) groups excluding carboxylic acids is 1. The fourth-order valence-corrected chi connectivity index (χ4v) is 6.25. The number of thiazole rings is 1. The molecule has 0 saturated heterocycles. The highest BCUT2D eigenvalue weighted by atomic mass is 32.1. The van der Waals surface area contributed by atoms with Crippen LogP contribution in [0.3, 0.4) is 0 Å². The zero-order chi connectivity index (χ0) is 21.8. The van der Waals surface area contributed by atoms with Gasteiger partial charge < -0.3 is 15.4 Å². The van der Waals surface area contributed by atoms with Crippen molar-refractivity contribution >= 4 is 43.8 Å². The van der Waals surface area contributed by atoms with Crippen molar-refractivity contribution in [1.29, 1.82) is 0 Å². The lowest BCUT2D eigenvalue weighted by molar-refractivity contribution is -0.116. The molecule has 8 heteroatoms. The van der Waals surface area contributed by atoms with Gasteiger partial charge in [0.05, 0.1) is 16.8 Å². The van der Waals surface area contributed by atoms with E-state index in [2.05, 4.69) is 41.5 Å². The van der Waals surface area contributed by atoms with E-state index in [1.54, 1.807) is 29.8 Å². The number of amides is 1. The molecule has 4 rings (SSSR count). The van der Waals surface area contributed by atoms with Crippen molar-refractivity contribution in [2.45, 2.75) is 39.3 Å². The Hall–Kier alpha value is -1.84. The first-order valence-electron chi connectivity index (χ1n) is 10.8. The Morgan fingerprint density at radius 3 is 2.87 bits per heavy atom. The van der Waals surface area contributed by atoms with Gasteiger partial charge in [-0.15, -0.1) is 22.7 Å². The van der Waals surface area contributed by atoms with Gasteiger partial charge in [0.15, 0.2) is 0 Å². The summed E-state index contributed by atoms with van der Waals surface area (Å²) >= 11 is 3.42. The molecule has 0 unspecified atom stereocenters. The summed E-state index contributed by atoms with van der Waals surface area (Å²) in [5.74, 6) is 0.0339. The van der Waals surface area contributed by atoms with E-state index in [1.165, 1.54) is 15.1 Å². The van der Waals surface area contributed by atoms with Crippen LogP contribution in [0.2, 0.25) is 0 Å². The van der Waals surface area contributed by atoms with Crippen LogP contribution in [0, 0.1) is 0 Å². The maximum atomic E-state index is 12.7. The second-order valence-electron chi connectivity index (χ2n) is 8.05. The number of para-hydroxylation sites is 1.